The maximum Gasteiger partial charge on any atom is 0.0948 e. The normalized spacial score (nSPS) is 26.6. The molecule has 1 aliphatic heterocycles. The Morgan fingerprint density at radius 2 is 2.19 bits per heavy atom. The lowest BCUT2D eigenvalue weighted by Crippen LogP contribution is -2.14. The second kappa shape index (κ2) is 4.58. The number of nitrogens with one attached hydrogen (secondary N) is 1. The van der Waals surface area contributed by atoms with Crippen LogP contribution in [0.25, 0.3) is 0 Å². The van der Waals surface area contributed by atoms with E-state index in [9.17, 15) is 0 Å². The van der Waals surface area contributed by atoms with E-state index in [0.717, 1.165) is 12.5 Å². The minimum absolute atomic E-state index is 0.698. The van der Waals surface area contributed by atoms with Crippen LogP contribution < -0.4 is 5.32 Å². The Morgan fingerprint density at radius 3 is 2.94 bits per heavy atom. The molecule has 3 nitrogen and oxygen atoms in total. The highest BCUT2D eigenvalue weighted by Gasteiger charge is 2.22. The van der Waals surface area contributed by atoms with Gasteiger partial charge in [-0.15, -0.1) is 0 Å². The second-order valence-electron chi connectivity index (χ2n) is 5.31. The van der Waals surface area contributed by atoms with Gasteiger partial charge < -0.3 is 9.88 Å². The third-order valence-corrected chi connectivity index (χ3v) is 4.15. The van der Waals surface area contributed by atoms with Crippen LogP contribution in [-0.2, 0) is 6.54 Å². The number of nitrogens with zero attached hydrogens (tertiary/aromatic N) is 2. The maximum absolute atomic E-state index is 4.34. The third-order valence-electron chi connectivity index (χ3n) is 4.15. The molecule has 1 aromatic rings. The number of imidazole rings is 1. The summed E-state index contributed by atoms with van der Waals surface area (Å²) in [5.74, 6) is 1.60. The van der Waals surface area contributed by atoms with Gasteiger partial charge in [-0.2, -0.15) is 0 Å². The molecule has 0 bridgehead atoms. The number of hydrogen-bond donors (Lipinski definition) is 1. The van der Waals surface area contributed by atoms with Crippen molar-refractivity contribution in [2.24, 2.45) is 5.92 Å². The van der Waals surface area contributed by atoms with E-state index in [1.807, 2.05) is 6.33 Å². The molecule has 2 heterocycles. The molecule has 2 aliphatic rings. The summed E-state index contributed by atoms with van der Waals surface area (Å²) in [5, 5.41) is 3.44. The van der Waals surface area contributed by atoms with E-state index in [1.165, 1.54) is 50.9 Å². The summed E-state index contributed by atoms with van der Waals surface area (Å²) in [6.45, 7) is 3.50. The zero-order valence-electron chi connectivity index (χ0n) is 9.86. The molecular weight excluding hydrogens is 198 g/mol. The van der Waals surface area contributed by atoms with Crippen LogP contribution in [0.3, 0.4) is 0 Å². The average molecular weight is 219 g/mol. The number of hydrogen-bond acceptors (Lipinski definition) is 2. The SMILES string of the molecule is c1ncn(CC2CCCC2)c1C1CCNC1. The van der Waals surface area contributed by atoms with E-state index in [4.69, 9.17) is 0 Å². The molecule has 3 heteroatoms. The fraction of sp³-hybridized carbons (Fsp3) is 0.769. The predicted octanol–water partition coefficient (Wildman–Crippen LogP) is 2.15. The van der Waals surface area contributed by atoms with Crippen molar-refractivity contribution in [1.82, 2.24) is 14.9 Å². The van der Waals surface area contributed by atoms with Crippen molar-refractivity contribution < 1.29 is 0 Å². The third kappa shape index (κ3) is 2.01. The van der Waals surface area contributed by atoms with Crippen LogP contribution in [0.2, 0.25) is 0 Å². The van der Waals surface area contributed by atoms with Crippen LogP contribution in [0.1, 0.15) is 43.7 Å². The van der Waals surface area contributed by atoms with Gasteiger partial charge in [0, 0.05) is 30.9 Å². The van der Waals surface area contributed by atoms with Gasteiger partial charge in [0.25, 0.3) is 0 Å². The zero-order chi connectivity index (χ0) is 10.8. The molecule has 88 valence electrons. The van der Waals surface area contributed by atoms with Crippen LogP contribution in [0.4, 0.5) is 0 Å². The maximum atomic E-state index is 4.34. The molecule has 1 atom stereocenters. The molecule has 3 rings (SSSR count). The number of rotatable bonds is 3. The number of aromatic nitrogens is 2. The lowest BCUT2D eigenvalue weighted by Gasteiger charge is -2.16. The quantitative estimate of drug-likeness (QED) is 0.844. The Balaban J connectivity index is 1.71. The summed E-state index contributed by atoms with van der Waals surface area (Å²) in [7, 11) is 0. The highest BCUT2D eigenvalue weighted by molar-refractivity contribution is 5.09. The molecule has 0 aromatic carbocycles. The highest BCUT2D eigenvalue weighted by Crippen LogP contribution is 2.28. The first-order valence-corrected chi connectivity index (χ1v) is 6.64. The van der Waals surface area contributed by atoms with Crippen molar-refractivity contribution in [3.05, 3.63) is 18.2 Å². The van der Waals surface area contributed by atoms with Crippen LogP contribution in [0.5, 0.6) is 0 Å². The van der Waals surface area contributed by atoms with Gasteiger partial charge in [0.15, 0.2) is 0 Å². The van der Waals surface area contributed by atoms with E-state index < -0.39 is 0 Å². The lowest BCUT2D eigenvalue weighted by atomic mass is 10.0. The Kier molecular flexibility index (Phi) is 2.96. The molecule has 16 heavy (non-hydrogen) atoms. The fourth-order valence-corrected chi connectivity index (χ4v) is 3.20. The topological polar surface area (TPSA) is 29.9 Å². The van der Waals surface area contributed by atoms with Crippen molar-refractivity contribution >= 4 is 0 Å². The van der Waals surface area contributed by atoms with Gasteiger partial charge in [-0.3, -0.25) is 0 Å². The first kappa shape index (κ1) is 10.3. The Bertz CT molecular complexity index is 333. The largest absolute Gasteiger partial charge is 0.334 e. The average Bonchev–Trinajstić information content (AvgIpc) is 2.98. The molecule has 1 N–H and O–H groups in total. The highest BCUT2D eigenvalue weighted by atomic mass is 15.1. The van der Waals surface area contributed by atoms with Gasteiger partial charge in [-0.1, -0.05) is 12.8 Å². The van der Waals surface area contributed by atoms with E-state index in [-0.39, 0.29) is 0 Å². The summed E-state index contributed by atoms with van der Waals surface area (Å²) in [4.78, 5) is 4.34. The first-order chi connectivity index (χ1) is 7.93. The summed E-state index contributed by atoms with van der Waals surface area (Å²) in [6, 6.07) is 0. The molecule has 1 unspecified atom stereocenters. The van der Waals surface area contributed by atoms with E-state index in [1.54, 1.807) is 0 Å². The van der Waals surface area contributed by atoms with E-state index in [0.29, 0.717) is 5.92 Å². The standard InChI is InChI=1S/C13H21N3/c1-2-4-11(3-1)9-16-10-15-8-13(16)12-5-6-14-7-12/h8,10-12,14H,1-7,9H2. The Morgan fingerprint density at radius 1 is 1.31 bits per heavy atom. The molecule has 0 amide bonds. The minimum atomic E-state index is 0.698. The zero-order valence-corrected chi connectivity index (χ0v) is 9.86. The predicted molar refractivity (Wildman–Crippen MR) is 64.4 cm³/mol. The van der Waals surface area contributed by atoms with Gasteiger partial charge in [0.05, 0.1) is 6.33 Å². The molecule has 0 radical (unpaired) electrons. The van der Waals surface area contributed by atoms with Crippen molar-refractivity contribution in [1.29, 1.82) is 0 Å². The van der Waals surface area contributed by atoms with Crippen LogP contribution in [0.15, 0.2) is 12.5 Å². The Hall–Kier alpha value is -0.830. The van der Waals surface area contributed by atoms with Crippen LogP contribution >= 0.6 is 0 Å². The molecule has 0 spiro atoms. The fourth-order valence-electron chi connectivity index (χ4n) is 3.20. The van der Waals surface area contributed by atoms with Crippen molar-refractivity contribution in [3.8, 4) is 0 Å². The van der Waals surface area contributed by atoms with Gasteiger partial charge in [-0.05, 0) is 31.7 Å². The second-order valence-corrected chi connectivity index (χ2v) is 5.31. The minimum Gasteiger partial charge on any atom is -0.334 e. The summed E-state index contributed by atoms with van der Waals surface area (Å²) < 4.78 is 2.41. The molecule has 1 saturated heterocycles. The molecule has 1 aliphatic carbocycles. The monoisotopic (exact) mass is 219 g/mol. The molecule has 2 fully saturated rings. The van der Waals surface area contributed by atoms with Gasteiger partial charge in [0.1, 0.15) is 0 Å². The summed E-state index contributed by atoms with van der Waals surface area (Å²) in [6.07, 6.45) is 11.1. The lowest BCUT2D eigenvalue weighted by molar-refractivity contribution is 0.442. The van der Waals surface area contributed by atoms with E-state index in [2.05, 4.69) is 21.1 Å². The van der Waals surface area contributed by atoms with Crippen molar-refractivity contribution in [2.45, 2.75) is 44.6 Å². The van der Waals surface area contributed by atoms with Crippen LogP contribution in [0, 0.1) is 5.92 Å². The van der Waals surface area contributed by atoms with Crippen molar-refractivity contribution in [3.63, 3.8) is 0 Å². The molecule has 1 aromatic heterocycles. The van der Waals surface area contributed by atoms with Gasteiger partial charge in [0.2, 0.25) is 0 Å². The van der Waals surface area contributed by atoms with Crippen molar-refractivity contribution in [2.75, 3.05) is 13.1 Å². The van der Waals surface area contributed by atoms with E-state index >= 15 is 0 Å². The Labute approximate surface area is 97.3 Å². The van der Waals surface area contributed by atoms with Gasteiger partial charge in [-0.25, -0.2) is 4.98 Å². The molecule has 1 saturated carbocycles. The van der Waals surface area contributed by atoms with Crippen LogP contribution in [-0.4, -0.2) is 22.6 Å². The molecular formula is C13H21N3. The summed E-state index contributed by atoms with van der Waals surface area (Å²) in [5.41, 5.74) is 1.46. The van der Waals surface area contributed by atoms with Gasteiger partial charge >= 0.3 is 0 Å². The first-order valence-electron chi connectivity index (χ1n) is 6.64. The summed E-state index contributed by atoms with van der Waals surface area (Å²) >= 11 is 0. The smallest absolute Gasteiger partial charge is 0.0948 e.